The largest absolute Gasteiger partial charge is 0.350 e. The highest BCUT2D eigenvalue weighted by molar-refractivity contribution is 5.85. The van der Waals surface area contributed by atoms with E-state index in [9.17, 15) is 13.6 Å². The Morgan fingerprint density at radius 2 is 2.00 bits per heavy atom. The molecule has 1 aromatic carbocycles. The van der Waals surface area contributed by atoms with Crippen LogP contribution in [0.3, 0.4) is 0 Å². The summed E-state index contributed by atoms with van der Waals surface area (Å²) in [5, 5.41) is 6.40. The molecule has 0 spiro atoms. The number of halogens is 3. The lowest BCUT2D eigenvalue weighted by Gasteiger charge is -2.14. The van der Waals surface area contributed by atoms with Gasteiger partial charge in [-0.05, 0) is 24.1 Å². The molecule has 2 rings (SSSR count). The summed E-state index contributed by atoms with van der Waals surface area (Å²) in [7, 11) is 0. The summed E-state index contributed by atoms with van der Waals surface area (Å²) in [5.74, 6) is -3.49. The van der Waals surface area contributed by atoms with Crippen LogP contribution in [0.4, 0.5) is 8.78 Å². The highest BCUT2D eigenvalue weighted by atomic mass is 35.5. The Bertz CT molecular complexity index is 619. The Morgan fingerprint density at radius 1 is 1.30 bits per heavy atom. The van der Waals surface area contributed by atoms with Gasteiger partial charge in [-0.15, -0.1) is 12.4 Å². The van der Waals surface area contributed by atoms with Crippen molar-refractivity contribution in [3.05, 3.63) is 48.3 Å². The number of amides is 1. The van der Waals surface area contributed by atoms with Gasteiger partial charge >= 0.3 is 0 Å². The van der Waals surface area contributed by atoms with Gasteiger partial charge in [0, 0.05) is 12.6 Å². The zero-order valence-electron chi connectivity index (χ0n) is 12.4. The van der Waals surface area contributed by atoms with Crippen LogP contribution in [0, 0.1) is 0 Å². The number of carbonyl (C=O) groups excluding carboxylic acids is 1. The smallest absolute Gasteiger partial charge is 0.277 e. The van der Waals surface area contributed by atoms with E-state index < -0.39 is 24.9 Å². The van der Waals surface area contributed by atoms with Crippen molar-refractivity contribution in [2.45, 2.75) is 18.8 Å². The molecular weight excluding hydrogens is 326 g/mol. The summed E-state index contributed by atoms with van der Waals surface area (Å²) in [6.45, 7) is -1.51. The molecule has 0 bridgehead atoms. The molecule has 23 heavy (non-hydrogen) atoms. The van der Waals surface area contributed by atoms with E-state index in [1.165, 1.54) is 0 Å². The van der Waals surface area contributed by atoms with Crippen LogP contribution in [-0.2, 0) is 11.2 Å². The molecule has 0 aliphatic heterocycles. The molecule has 1 aromatic heterocycles. The molecule has 0 saturated heterocycles. The third kappa shape index (κ3) is 5.96. The van der Waals surface area contributed by atoms with Crippen LogP contribution in [0.15, 0.2) is 42.7 Å². The van der Waals surface area contributed by atoms with Gasteiger partial charge in [0.1, 0.15) is 0 Å². The normalized spacial score (nSPS) is 10.9. The van der Waals surface area contributed by atoms with Gasteiger partial charge in [0.05, 0.1) is 25.0 Å². The number of carbonyl (C=O) groups is 1. The maximum absolute atomic E-state index is 12.9. The third-order valence-electron chi connectivity index (χ3n) is 3.14. The van der Waals surface area contributed by atoms with E-state index in [0.29, 0.717) is 6.42 Å². The Labute approximate surface area is 139 Å². The molecule has 0 fully saturated rings. The molecule has 1 amide bonds. The van der Waals surface area contributed by atoms with Gasteiger partial charge in [-0.3, -0.25) is 4.79 Å². The molecule has 0 saturated carbocycles. The van der Waals surface area contributed by atoms with E-state index in [1.807, 2.05) is 36.5 Å². The number of para-hydroxylation sites is 1. The number of aromatic nitrogens is 2. The van der Waals surface area contributed by atoms with E-state index in [1.54, 1.807) is 10.9 Å². The number of alkyl halides is 2. The van der Waals surface area contributed by atoms with Crippen LogP contribution in [-0.4, -0.2) is 34.7 Å². The fourth-order valence-electron chi connectivity index (χ4n) is 1.86. The highest BCUT2D eigenvalue weighted by Crippen LogP contribution is 2.10. The predicted octanol–water partition coefficient (Wildman–Crippen LogP) is 1.94. The average molecular weight is 345 g/mol. The van der Waals surface area contributed by atoms with Crippen LogP contribution >= 0.6 is 12.4 Å². The minimum Gasteiger partial charge on any atom is -0.350 e. The molecule has 126 valence electrons. The lowest BCUT2D eigenvalue weighted by atomic mass is 10.2. The first kappa shape index (κ1) is 19.1. The van der Waals surface area contributed by atoms with Gasteiger partial charge in [0.15, 0.2) is 0 Å². The molecule has 3 N–H and O–H groups in total. The van der Waals surface area contributed by atoms with E-state index in [4.69, 9.17) is 5.73 Å². The summed E-state index contributed by atoms with van der Waals surface area (Å²) >= 11 is 0. The predicted molar refractivity (Wildman–Crippen MR) is 86.1 cm³/mol. The van der Waals surface area contributed by atoms with Gasteiger partial charge in [-0.25, -0.2) is 13.5 Å². The lowest BCUT2D eigenvalue weighted by molar-refractivity contribution is -0.122. The Morgan fingerprint density at radius 3 is 2.65 bits per heavy atom. The topological polar surface area (TPSA) is 72.9 Å². The Kier molecular flexibility index (Phi) is 7.12. The molecule has 0 aliphatic rings. The second kappa shape index (κ2) is 8.59. The molecular formula is C15H19ClF2N4O. The van der Waals surface area contributed by atoms with Gasteiger partial charge in [0.2, 0.25) is 5.91 Å². The Balaban J connectivity index is 0.00000264. The molecule has 0 atom stereocenters. The first-order chi connectivity index (χ1) is 10.5. The van der Waals surface area contributed by atoms with Crippen LogP contribution in [0.1, 0.15) is 12.0 Å². The van der Waals surface area contributed by atoms with Crippen LogP contribution in [0.25, 0.3) is 5.69 Å². The van der Waals surface area contributed by atoms with Crippen molar-refractivity contribution in [1.29, 1.82) is 0 Å². The van der Waals surface area contributed by atoms with E-state index in [2.05, 4.69) is 10.4 Å². The number of nitrogens with zero attached hydrogens (tertiary/aromatic N) is 2. The zero-order chi connectivity index (χ0) is 16.0. The minimum absolute atomic E-state index is 0. The second-order valence-corrected chi connectivity index (χ2v) is 4.97. The van der Waals surface area contributed by atoms with Crippen molar-refractivity contribution >= 4 is 18.3 Å². The van der Waals surface area contributed by atoms with Gasteiger partial charge in [0.25, 0.3) is 5.92 Å². The summed E-state index contributed by atoms with van der Waals surface area (Å²) in [6, 6.07) is 9.55. The van der Waals surface area contributed by atoms with Crippen molar-refractivity contribution in [2.24, 2.45) is 5.73 Å². The fourth-order valence-corrected chi connectivity index (χ4v) is 1.86. The lowest BCUT2D eigenvalue weighted by Crippen LogP contribution is -2.41. The molecule has 2 aromatic rings. The number of nitrogens with two attached hydrogens (primary N) is 1. The van der Waals surface area contributed by atoms with Crippen molar-refractivity contribution < 1.29 is 13.6 Å². The van der Waals surface area contributed by atoms with E-state index >= 15 is 0 Å². The number of nitrogens with one attached hydrogen (secondary N) is 1. The molecule has 0 radical (unpaired) electrons. The first-order valence-corrected chi connectivity index (χ1v) is 6.94. The standard InChI is InChI=1S/C15H18F2N4O.ClH/c16-15(17,10-18)11-19-14(22)7-6-12-8-20-21(9-12)13-4-2-1-3-5-13;/h1-5,8-9H,6-7,10-11,18H2,(H,19,22);1H. The zero-order valence-corrected chi connectivity index (χ0v) is 13.2. The maximum Gasteiger partial charge on any atom is 0.277 e. The van der Waals surface area contributed by atoms with Crippen molar-refractivity contribution in [3.8, 4) is 5.69 Å². The van der Waals surface area contributed by atoms with Crippen molar-refractivity contribution in [2.75, 3.05) is 13.1 Å². The molecule has 0 aliphatic carbocycles. The van der Waals surface area contributed by atoms with E-state index in [0.717, 1.165) is 11.3 Å². The SMILES string of the molecule is Cl.NCC(F)(F)CNC(=O)CCc1cnn(-c2ccccc2)c1. The second-order valence-electron chi connectivity index (χ2n) is 4.97. The summed E-state index contributed by atoms with van der Waals surface area (Å²) in [6.07, 6.45) is 4.04. The van der Waals surface area contributed by atoms with Crippen molar-refractivity contribution in [1.82, 2.24) is 15.1 Å². The monoisotopic (exact) mass is 344 g/mol. The number of hydrogen-bond acceptors (Lipinski definition) is 3. The van der Waals surface area contributed by atoms with Gasteiger partial charge < -0.3 is 11.1 Å². The van der Waals surface area contributed by atoms with Crippen LogP contribution in [0.2, 0.25) is 0 Å². The quantitative estimate of drug-likeness (QED) is 0.806. The number of rotatable bonds is 7. The highest BCUT2D eigenvalue weighted by Gasteiger charge is 2.26. The van der Waals surface area contributed by atoms with Crippen LogP contribution < -0.4 is 11.1 Å². The molecule has 0 unspecified atom stereocenters. The minimum atomic E-state index is -3.06. The number of benzene rings is 1. The van der Waals surface area contributed by atoms with Crippen molar-refractivity contribution in [3.63, 3.8) is 0 Å². The Hall–Kier alpha value is -1.99. The molecule has 1 heterocycles. The van der Waals surface area contributed by atoms with Crippen LogP contribution in [0.5, 0.6) is 0 Å². The van der Waals surface area contributed by atoms with E-state index in [-0.39, 0.29) is 18.8 Å². The molecule has 8 heteroatoms. The fraction of sp³-hybridized carbons (Fsp3) is 0.333. The summed E-state index contributed by atoms with van der Waals surface area (Å²) in [5.41, 5.74) is 6.69. The average Bonchev–Trinajstić information content (AvgIpc) is 3.01. The van der Waals surface area contributed by atoms with Gasteiger partial charge in [-0.1, -0.05) is 18.2 Å². The number of hydrogen-bond donors (Lipinski definition) is 2. The first-order valence-electron chi connectivity index (χ1n) is 6.94. The maximum atomic E-state index is 12.9. The summed E-state index contributed by atoms with van der Waals surface area (Å²) < 4.78 is 27.5. The van der Waals surface area contributed by atoms with Gasteiger partial charge in [-0.2, -0.15) is 5.10 Å². The molecule has 5 nitrogen and oxygen atoms in total. The number of aryl methyl sites for hydroxylation is 1. The summed E-state index contributed by atoms with van der Waals surface area (Å²) in [4.78, 5) is 11.5. The third-order valence-corrected chi connectivity index (χ3v) is 3.14.